The number of nitrogens with one attached hydrogen (secondary N) is 1. The molecule has 10 heteroatoms. The maximum Gasteiger partial charge on any atom is 0.312 e. The Bertz CT molecular complexity index is 1340. The standard InChI is InChI=1S/C31H34F2N4O3.ClH/c32-26-12-11-25(21-27(26)33)31(22-37(19-20-40-31)28(38)23-7-3-1-4-8-23)15-18-36-16-13-30(14-17-36,35-29(34)39)24-9-5-2-6-10-24;/h1-12,21H,13-20,22H2,(H3,34,35,39);1H. The Kier molecular flexibility index (Phi) is 9.63. The lowest BCUT2D eigenvalue weighted by atomic mass is 9.80. The second kappa shape index (κ2) is 13.0. The van der Waals surface area contributed by atoms with E-state index in [1.54, 1.807) is 23.1 Å². The normalized spacial score (nSPS) is 20.6. The van der Waals surface area contributed by atoms with Crippen molar-refractivity contribution in [3.8, 4) is 0 Å². The number of halogens is 3. The highest BCUT2D eigenvalue weighted by Crippen LogP contribution is 2.37. The second-order valence-electron chi connectivity index (χ2n) is 10.6. The van der Waals surface area contributed by atoms with Gasteiger partial charge in [0.15, 0.2) is 11.6 Å². The van der Waals surface area contributed by atoms with E-state index in [9.17, 15) is 18.4 Å². The molecule has 0 bridgehead atoms. The number of benzene rings is 3. The highest BCUT2D eigenvalue weighted by Gasteiger charge is 2.42. The number of primary amides is 1. The number of hydrogen-bond acceptors (Lipinski definition) is 4. The zero-order valence-corrected chi connectivity index (χ0v) is 23.5. The summed E-state index contributed by atoms with van der Waals surface area (Å²) in [5.41, 5.74) is 6.08. The summed E-state index contributed by atoms with van der Waals surface area (Å²) in [6, 6.07) is 22.1. The number of ether oxygens (including phenoxy) is 1. The molecule has 3 N–H and O–H groups in total. The quantitative estimate of drug-likeness (QED) is 0.417. The summed E-state index contributed by atoms with van der Waals surface area (Å²) in [4.78, 5) is 29.2. The molecule has 1 atom stereocenters. The first-order valence-corrected chi connectivity index (χ1v) is 13.6. The molecular formula is C31H35ClF2N4O3. The van der Waals surface area contributed by atoms with Crippen molar-refractivity contribution in [3.63, 3.8) is 0 Å². The lowest BCUT2D eigenvalue weighted by Gasteiger charge is -2.46. The maximum atomic E-state index is 14.4. The number of likely N-dealkylation sites (tertiary alicyclic amines) is 1. The molecule has 2 aliphatic heterocycles. The molecule has 0 aliphatic carbocycles. The average molecular weight is 585 g/mol. The first kappa shape index (κ1) is 30.4. The summed E-state index contributed by atoms with van der Waals surface area (Å²) in [6.45, 7) is 2.88. The van der Waals surface area contributed by atoms with Crippen molar-refractivity contribution >= 4 is 24.3 Å². The van der Waals surface area contributed by atoms with Gasteiger partial charge in [0.1, 0.15) is 5.60 Å². The molecule has 2 aliphatic rings. The van der Waals surface area contributed by atoms with E-state index in [1.165, 1.54) is 6.07 Å². The maximum absolute atomic E-state index is 14.4. The van der Waals surface area contributed by atoms with Crippen LogP contribution in [0.25, 0.3) is 0 Å². The fourth-order valence-electron chi connectivity index (χ4n) is 5.95. The van der Waals surface area contributed by atoms with Gasteiger partial charge >= 0.3 is 6.03 Å². The van der Waals surface area contributed by atoms with Crippen molar-refractivity contribution in [2.75, 3.05) is 39.3 Å². The molecule has 3 aromatic carbocycles. The third-order valence-corrected chi connectivity index (χ3v) is 8.17. The molecule has 218 valence electrons. The lowest BCUT2D eigenvalue weighted by molar-refractivity contribution is -0.114. The third kappa shape index (κ3) is 6.69. The number of nitrogens with two attached hydrogens (primary N) is 1. The van der Waals surface area contributed by atoms with Crippen molar-refractivity contribution in [1.82, 2.24) is 15.1 Å². The van der Waals surface area contributed by atoms with Gasteiger partial charge in [0.25, 0.3) is 5.91 Å². The molecule has 3 aromatic rings. The van der Waals surface area contributed by atoms with Crippen LogP contribution in [0.3, 0.4) is 0 Å². The number of nitrogens with zero attached hydrogens (tertiary/aromatic N) is 2. The van der Waals surface area contributed by atoms with Crippen molar-refractivity contribution in [3.05, 3.63) is 107 Å². The Morgan fingerprint density at radius 2 is 1.54 bits per heavy atom. The highest BCUT2D eigenvalue weighted by molar-refractivity contribution is 5.94. The monoisotopic (exact) mass is 584 g/mol. The number of rotatable bonds is 7. The number of carbonyl (C=O) groups is 2. The molecule has 2 heterocycles. The van der Waals surface area contributed by atoms with E-state index in [1.807, 2.05) is 48.5 Å². The van der Waals surface area contributed by atoms with Gasteiger partial charge in [0.05, 0.1) is 18.7 Å². The van der Waals surface area contributed by atoms with Crippen LogP contribution in [0, 0.1) is 11.6 Å². The molecule has 1 unspecified atom stereocenters. The molecule has 41 heavy (non-hydrogen) atoms. The largest absolute Gasteiger partial charge is 0.367 e. The van der Waals surface area contributed by atoms with Gasteiger partial charge in [-0.25, -0.2) is 13.6 Å². The molecule has 5 rings (SSSR count). The lowest BCUT2D eigenvalue weighted by Crippen LogP contribution is -2.56. The van der Waals surface area contributed by atoms with Crippen molar-refractivity contribution in [2.45, 2.75) is 30.4 Å². The Balaban J connectivity index is 0.00000387. The number of hydrogen-bond donors (Lipinski definition) is 2. The number of piperidine rings is 1. The zero-order valence-electron chi connectivity index (χ0n) is 22.7. The average Bonchev–Trinajstić information content (AvgIpc) is 2.98. The van der Waals surface area contributed by atoms with Crippen LogP contribution >= 0.6 is 12.4 Å². The van der Waals surface area contributed by atoms with E-state index >= 15 is 0 Å². The van der Waals surface area contributed by atoms with Gasteiger partial charge in [0.2, 0.25) is 0 Å². The zero-order chi connectivity index (χ0) is 28.2. The SMILES string of the molecule is Cl.NC(=O)NC1(c2ccccc2)CCN(CCC2(c3ccc(F)c(F)c3)CN(C(=O)c3ccccc3)CCO2)CC1. The predicted octanol–water partition coefficient (Wildman–Crippen LogP) is 4.80. The van der Waals surface area contributed by atoms with Gasteiger partial charge in [-0.15, -0.1) is 12.4 Å². The van der Waals surface area contributed by atoms with Crippen molar-refractivity contribution < 1.29 is 23.1 Å². The molecule has 0 spiro atoms. The number of amides is 3. The van der Waals surface area contributed by atoms with Gasteiger partial charge in [-0.3, -0.25) is 4.79 Å². The van der Waals surface area contributed by atoms with Gasteiger partial charge in [-0.05, 0) is 54.7 Å². The Hall–Kier alpha value is -3.53. The molecule has 0 saturated carbocycles. The molecule has 7 nitrogen and oxygen atoms in total. The summed E-state index contributed by atoms with van der Waals surface area (Å²) >= 11 is 0. The minimum atomic E-state index is -1.00. The van der Waals surface area contributed by atoms with Gasteiger partial charge in [-0.1, -0.05) is 54.6 Å². The van der Waals surface area contributed by atoms with E-state index < -0.39 is 28.8 Å². The van der Waals surface area contributed by atoms with Gasteiger partial charge < -0.3 is 25.6 Å². The van der Waals surface area contributed by atoms with Gasteiger partial charge in [0, 0.05) is 31.7 Å². The molecule has 0 aromatic heterocycles. The van der Waals surface area contributed by atoms with E-state index in [2.05, 4.69) is 10.2 Å². The topological polar surface area (TPSA) is 87.9 Å². The number of urea groups is 1. The van der Waals surface area contributed by atoms with Crippen LogP contribution in [-0.4, -0.2) is 61.1 Å². The van der Waals surface area contributed by atoms with Crippen LogP contribution < -0.4 is 11.1 Å². The third-order valence-electron chi connectivity index (χ3n) is 8.17. The van der Waals surface area contributed by atoms with Crippen LogP contribution in [0.2, 0.25) is 0 Å². The van der Waals surface area contributed by atoms with E-state index in [-0.39, 0.29) is 31.5 Å². The minimum Gasteiger partial charge on any atom is -0.367 e. The van der Waals surface area contributed by atoms with Crippen LogP contribution in [-0.2, 0) is 15.9 Å². The van der Waals surface area contributed by atoms with E-state index in [0.717, 1.165) is 11.6 Å². The predicted molar refractivity (Wildman–Crippen MR) is 155 cm³/mol. The fourth-order valence-corrected chi connectivity index (χ4v) is 5.95. The summed E-state index contributed by atoms with van der Waals surface area (Å²) in [5, 5.41) is 2.98. The Morgan fingerprint density at radius 3 is 2.17 bits per heavy atom. The smallest absolute Gasteiger partial charge is 0.312 e. The first-order chi connectivity index (χ1) is 19.3. The number of carbonyl (C=O) groups excluding carboxylic acids is 2. The molecular weight excluding hydrogens is 550 g/mol. The highest BCUT2D eigenvalue weighted by atomic mass is 35.5. The van der Waals surface area contributed by atoms with Crippen molar-refractivity contribution in [1.29, 1.82) is 0 Å². The van der Waals surface area contributed by atoms with Crippen LogP contribution in [0.4, 0.5) is 13.6 Å². The van der Waals surface area contributed by atoms with Crippen LogP contribution in [0.1, 0.15) is 40.7 Å². The molecule has 0 radical (unpaired) electrons. The molecule has 2 fully saturated rings. The molecule has 3 amide bonds. The minimum absolute atomic E-state index is 0. The van der Waals surface area contributed by atoms with Gasteiger partial charge in [-0.2, -0.15) is 0 Å². The summed E-state index contributed by atoms with van der Waals surface area (Å²) < 4.78 is 34.6. The van der Waals surface area contributed by atoms with Crippen molar-refractivity contribution in [2.24, 2.45) is 5.73 Å². The second-order valence-corrected chi connectivity index (χ2v) is 10.6. The number of morpholine rings is 1. The summed E-state index contributed by atoms with van der Waals surface area (Å²) in [6.07, 6.45) is 1.80. The first-order valence-electron chi connectivity index (χ1n) is 13.6. The summed E-state index contributed by atoms with van der Waals surface area (Å²) in [5.74, 6) is -2.00. The fraction of sp³-hybridized carbons (Fsp3) is 0.355. The Morgan fingerprint density at radius 1 is 0.878 bits per heavy atom. The Labute approximate surface area is 245 Å². The van der Waals surface area contributed by atoms with E-state index in [4.69, 9.17) is 10.5 Å². The van der Waals surface area contributed by atoms with Crippen LogP contribution in [0.15, 0.2) is 78.9 Å². The summed E-state index contributed by atoms with van der Waals surface area (Å²) in [7, 11) is 0. The van der Waals surface area contributed by atoms with E-state index in [0.29, 0.717) is 56.6 Å². The molecule has 2 saturated heterocycles. The van der Waals surface area contributed by atoms with Crippen LogP contribution in [0.5, 0.6) is 0 Å².